The maximum absolute atomic E-state index is 11.7. The van der Waals surface area contributed by atoms with Crippen LogP contribution in [0.5, 0.6) is 0 Å². The van der Waals surface area contributed by atoms with Gasteiger partial charge in [0.15, 0.2) is 0 Å². The van der Waals surface area contributed by atoms with Gasteiger partial charge in [0.25, 0.3) is 0 Å². The van der Waals surface area contributed by atoms with E-state index in [0.717, 1.165) is 46.6 Å². The standard InChI is InChI=1S/C42H32N2O/c1-3-42(4-2)36-24-28(43-38-14-8-5-11-32(38)33-12-6-9-15-39(33)43)18-20-30(36)31-21-19-29(25-37(31)42)44-40-16-10-7-13-34(40)35-23-27(26-45)17-22-41(35)44/h5-26H,3-4H2,1-2H3. The Kier molecular flexibility index (Phi) is 5.52. The smallest absolute Gasteiger partial charge is 0.150 e. The third-order valence-electron chi connectivity index (χ3n) is 10.5. The van der Waals surface area contributed by atoms with E-state index in [9.17, 15) is 4.79 Å². The second-order valence-corrected chi connectivity index (χ2v) is 12.4. The number of carbonyl (C=O) groups excluding carboxylic acids is 1. The summed E-state index contributed by atoms with van der Waals surface area (Å²) < 4.78 is 4.79. The molecule has 216 valence electrons. The van der Waals surface area contributed by atoms with E-state index in [1.54, 1.807) is 0 Å². The molecule has 2 heterocycles. The highest BCUT2D eigenvalue weighted by Crippen LogP contribution is 2.54. The molecule has 2 aromatic heterocycles. The number of benzene rings is 6. The largest absolute Gasteiger partial charge is 0.309 e. The van der Waals surface area contributed by atoms with Crippen molar-refractivity contribution in [2.75, 3.05) is 0 Å². The van der Waals surface area contributed by atoms with Gasteiger partial charge in [0, 0.05) is 43.9 Å². The van der Waals surface area contributed by atoms with Gasteiger partial charge in [-0.1, -0.05) is 80.6 Å². The molecule has 0 spiro atoms. The van der Waals surface area contributed by atoms with Crippen molar-refractivity contribution in [2.24, 2.45) is 0 Å². The van der Waals surface area contributed by atoms with E-state index in [1.807, 2.05) is 12.1 Å². The summed E-state index contributed by atoms with van der Waals surface area (Å²) in [6, 6.07) is 46.2. The van der Waals surface area contributed by atoms with Gasteiger partial charge in [-0.3, -0.25) is 4.79 Å². The first-order valence-corrected chi connectivity index (χ1v) is 15.9. The fraction of sp³-hybridized carbons (Fsp3) is 0.119. The van der Waals surface area contributed by atoms with Gasteiger partial charge in [-0.15, -0.1) is 0 Å². The predicted molar refractivity (Wildman–Crippen MR) is 187 cm³/mol. The van der Waals surface area contributed by atoms with Crippen LogP contribution in [0.2, 0.25) is 0 Å². The van der Waals surface area contributed by atoms with Crippen LogP contribution in [0.25, 0.3) is 66.1 Å². The average molecular weight is 581 g/mol. The Morgan fingerprint density at radius 2 is 0.956 bits per heavy atom. The summed E-state index contributed by atoms with van der Waals surface area (Å²) in [7, 11) is 0. The summed E-state index contributed by atoms with van der Waals surface area (Å²) in [5.74, 6) is 0. The van der Waals surface area contributed by atoms with E-state index in [2.05, 4.69) is 138 Å². The van der Waals surface area contributed by atoms with Crippen LogP contribution in [-0.4, -0.2) is 15.4 Å². The number of rotatable bonds is 5. The van der Waals surface area contributed by atoms with Gasteiger partial charge in [0.2, 0.25) is 0 Å². The van der Waals surface area contributed by atoms with Crippen LogP contribution in [0.4, 0.5) is 0 Å². The molecule has 8 aromatic rings. The normalized spacial score (nSPS) is 13.6. The van der Waals surface area contributed by atoms with E-state index in [1.165, 1.54) is 49.7 Å². The first-order valence-electron chi connectivity index (χ1n) is 15.9. The minimum atomic E-state index is -0.0983. The Hall–Kier alpha value is -5.41. The zero-order valence-corrected chi connectivity index (χ0v) is 25.4. The van der Waals surface area contributed by atoms with Crippen LogP contribution in [0, 0.1) is 0 Å². The molecule has 0 amide bonds. The summed E-state index contributed by atoms with van der Waals surface area (Å²) in [4.78, 5) is 11.7. The topological polar surface area (TPSA) is 26.9 Å². The Bertz CT molecular complexity index is 2430. The highest BCUT2D eigenvalue weighted by molar-refractivity contribution is 6.11. The van der Waals surface area contributed by atoms with Gasteiger partial charge < -0.3 is 9.13 Å². The molecule has 1 aliphatic rings. The summed E-state index contributed by atoms with van der Waals surface area (Å²) in [5.41, 5.74) is 13.2. The van der Waals surface area contributed by atoms with Gasteiger partial charge in [-0.25, -0.2) is 0 Å². The zero-order chi connectivity index (χ0) is 30.3. The molecule has 0 saturated heterocycles. The lowest BCUT2D eigenvalue weighted by Crippen LogP contribution is -2.23. The van der Waals surface area contributed by atoms with E-state index in [0.29, 0.717) is 5.56 Å². The summed E-state index contributed by atoms with van der Waals surface area (Å²) in [6.07, 6.45) is 2.96. The maximum Gasteiger partial charge on any atom is 0.150 e. The Morgan fingerprint density at radius 3 is 1.42 bits per heavy atom. The number of fused-ring (bicyclic) bond motifs is 9. The molecule has 9 rings (SSSR count). The fourth-order valence-electron chi connectivity index (χ4n) is 8.30. The van der Waals surface area contributed by atoms with Gasteiger partial charge >= 0.3 is 0 Å². The van der Waals surface area contributed by atoms with Crippen LogP contribution in [0.15, 0.2) is 127 Å². The molecule has 0 fully saturated rings. The lowest BCUT2D eigenvalue weighted by molar-refractivity contribution is 0.112. The van der Waals surface area contributed by atoms with E-state index in [4.69, 9.17) is 0 Å². The Morgan fingerprint density at radius 1 is 0.511 bits per heavy atom. The zero-order valence-electron chi connectivity index (χ0n) is 25.4. The molecular weight excluding hydrogens is 548 g/mol. The third-order valence-corrected chi connectivity index (χ3v) is 10.5. The minimum Gasteiger partial charge on any atom is -0.309 e. The van der Waals surface area contributed by atoms with E-state index in [-0.39, 0.29) is 5.41 Å². The summed E-state index contributed by atoms with van der Waals surface area (Å²) in [6.45, 7) is 4.67. The lowest BCUT2D eigenvalue weighted by Gasteiger charge is -2.30. The van der Waals surface area contributed by atoms with Crippen LogP contribution >= 0.6 is 0 Å². The molecule has 3 heteroatoms. The van der Waals surface area contributed by atoms with Gasteiger partial charge in [0.05, 0.1) is 22.1 Å². The molecule has 0 N–H and O–H groups in total. The molecule has 0 unspecified atom stereocenters. The number of hydrogen-bond donors (Lipinski definition) is 0. The fourth-order valence-corrected chi connectivity index (χ4v) is 8.30. The quantitative estimate of drug-likeness (QED) is 0.186. The summed E-state index contributed by atoms with van der Waals surface area (Å²) in [5, 5.41) is 4.83. The molecule has 45 heavy (non-hydrogen) atoms. The Balaban J connectivity index is 1.27. The van der Waals surface area contributed by atoms with Gasteiger partial charge in [-0.05, 0) is 95.8 Å². The number of carbonyl (C=O) groups is 1. The van der Waals surface area contributed by atoms with Crippen molar-refractivity contribution >= 4 is 49.9 Å². The molecule has 0 saturated carbocycles. The second kappa shape index (κ2) is 9.54. The number of para-hydroxylation sites is 3. The highest BCUT2D eigenvalue weighted by Gasteiger charge is 2.41. The monoisotopic (exact) mass is 580 g/mol. The molecule has 0 bridgehead atoms. The molecule has 6 aromatic carbocycles. The number of aromatic nitrogens is 2. The van der Waals surface area contributed by atoms with Gasteiger partial charge in [0.1, 0.15) is 6.29 Å². The van der Waals surface area contributed by atoms with Crippen molar-refractivity contribution in [3.63, 3.8) is 0 Å². The molecular formula is C42H32N2O. The lowest BCUT2D eigenvalue weighted by atomic mass is 9.73. The molecule has 0 atom stereocenters. The second-order valence-electron chi connectivity index (χ2n) is 12.4. The van der Waals surface area contributed by atoms with Crippen LogP contribution in [0.3, 0.4) is 0 Å². The highest BCUT2D eigenvalue weighted by atomic mass is 16.1. The number of aldehydes is 1. The van der Waals surface area contributed by atoms with Crippen LogP contribution in [0.1, 0.15) is 48.2 Å². The van der Waals surface area contributed by atoms with Crippen molar-refractivity contribution in [2.45, 2.75) is 32.1 Å². The van der Waals surface area contributed by atoms with Crippen molar-refractivity contribution in [3.05, 3.63) is 144 Å². The van der Waals surface area contributed by atoms with Crippen molar-refractivity contribution in [3.8, 4) is 22.5 Å². The number of nitrogens with zero attached hydrogens (tertiary/aromatic N) is 2. The molecule has 3 nitrogen and oxygen atoms in total. The first kappa shape index (κ1) is 26.0. The van der Waals surface area contributed by atoms with E-state index < -0.39 is 0 Å². The van der Waals surface area contributed by atoms with Crippen molar-refractivity contribution in [1.82, 2.24) is 9.13 Å². The molecule has 0 radical (unpaired) electrons. The SMILES string of the molecule is CCC1(CC)c2cc(-n3c4ccccc4c4ccccc43)ccc2-c2ccc(-n3c4ccccc4c4cc(C=O)ccc43)cc21. The third kappa shape index (κ3) is 3.44. The first-order chi connectivity index (χ1) is 22.2. The van der Waals surface area contributed by atoms with Gasteiger partial charge in [-0.2, -0.15) is 0 Å². The van der Waals surface area contributed by atoms with E-state index >= 15 is 0 Å². The Labute approximate surface area is 262 Å². The van der Waals surface area contributed by atoms with Crippen molar-refractivity contribution in [1.29, 1.82) is 0 Å². The number of hydrogen-bond acceptors (Lipinski definition) is 1. The molecule has 0 aliphatic heterocycles. The predicted octanol–water partition coefficient (Wildman–Crippen LogP) is 10.8. The minimum absolute atomic E-state index is 0.0983. The van der Waals surface area contributed by atoms with Crippen LogP contribution < -0.4 is 0 Å². The maximum atomic E-state index is 11.7. The van der Waals surface area contributed by atoms with Crippen molar-refractivity contribution < 1.29 is 4.79 Å². The average Bonchev–Trinajstić information content (AvgIpc) is 3.71. The van der Waals surface area contributed by atoms with Crippen LogP contribution in [-0.2, 0) is 5.41 Å². The summed E-state index contributed by atoms with van der Waals surface area (Å²) >= 11 is 0. The molecule has 1 aliphatic carbocycles.